The van der Waals surface area contributed by atoms with Crippen LogP contribution in [-0.4, -0.2) is 36.0 Å². The molecule has 0 fully saturated rings. The molecule has 0 radical (unpaired) electrons. The standard InChI is InChI=1S/C16H18N4O4S/c1-2-24-16(23)20-13(21)10-6-8-25-15(10)19-14(22)11(9-17)12-5-3-4-7-18-12/h3-8,11H,2,9,17H2,1H3,(H,19,22)(H,20,21,23). The number of rotatable bonds is 6. The summed E-state index contributed by atoms with van der Waals surface area (Å²) in [6.07, 6.45) is 0.735. The minimum atomic E-state index is -0.843. The summed E-state index contributed by atoms with van der Waals surface area (Å²) < 4.78 is 4.67. The highest BCUT2D eigenvalue weighted by molar-refractivity contribution is 7.14. The Labute approximate surface area is 148 Å². The summed E-state index contributed by atoms with van der Waals surface area (Å²) in [5.41, 5.74) is 6.40. The summed E-state index contributed by atoms with van der Waals surface area (Å²) in [6, 6.07) is 6.72. The maximum absolute atomic E-state index is 12.5. The van der Waals surface area contributed by atoms with Crippen molar-refractivity contribution in [3.63, 3.8) is 0 Å². The molecule has 0 spiro atoms. The molecule has 1 unspecified atom stereocenters. The highest BCUT2D eigenvalue weighted by Crippen LogP contribution is 2.25. The normalized spacial score (nSPS) is 11.4. The number of pyridine rings is 1. The Morgan fingerprint density at radius 1 is 1.32 bits per heavy atom. The molecule has 25 heavy (non-hydrogen) atoms. The van der Waals surface area contributed by atoms with Gasteiger partial charge in [-0.15, -0.1) is 11.3 Å². The fourth-order valence-electron chi connectivity index (χ4n) is 2.06. The Morgan fingerprint density at radius 2 is 2.12 bits per heavy atom. The van der Waals surface area contributed by atoms with E-state index in [0.717, 1.165) is 11.3 Å². The molecule has 0 saturated carbocycles. The summed E-state index contributed by atoms with van der Waals surface area (Å²) >= 11 is 1.16. The van der Waals surface area contributed by atoms with Gasteiger partial charge in [-0.1, -0.05) is 6.07 Å². The van der Waals surface area contributed by atoms with Gasteiger partial charge in [0.2, 0.25) is 5.91 Å². The average Bonchev–Trinajstić information content (AvgIpc) is 3.05. The molecule has 132 valence electrons. The van der Waals surface area contributed by atoms with Gasteiger partial charge in [0.05, 0.1) is 23.8 Å². The van der Waals surface area contributed by atoms with E-state index in [-0.39, 0.29) is 24.6 Å². The number of nitrogens with zero attached hydrogens (tertiary/aromatic N) is 1. The molecule has 2 rings (SSSR count). The van der Waals surface area contributed by atoms with E-state index >= 15 is 0 Å². The highest BCUT2D eigenvalue weighted by atomic mass is 32.1. The zero-order valence-corrected chi connectivity index (χ0v) is 14.3. The molecule has 0 bridgehead atoms. The first-order valence-electron chi connectivity index (χ1n) is 7.54. The smallest absolute Gasteiger partial charge is 0.414 e. The lowest BCUT2D eigenvalue weighted by atomic mass is 10.0. The molecule has 2 heterocycles. The third kappa shape index (κ3) is 4.85. The van der Waals surface area contributed by atoms with E-state index in [1.54, 1.807) is 36.7 Å². The number of aromatic nitrogens is 1. The van der Waals surface area contributed by atoms with Crippen LogP contribution in [0.2, 0.25) is 0 Å². The molecule has 0 aliphatic heterocycles. The van der Waals surface area contributed by atoms with Gasteiger partial charge in [-0.2, -0.15) is 0 Å². The van der Waals surface area contributed by atoms with Gasteiger partial charge in [0, 0.05) is 12.7 Å². The quantitative estimate of drug-likeness (QED) is 0.719. The number of amides is 3. The molecule has 0 aromatic carbocycles. The van der Waals surface area contributed by atoms with E-state index in [1.165, 1.54) is 6.07 Å². The lowest BCUT2D eigenvalue weighted by Crippen LogP contribution is -2.32. The Balaban J connectivity index is 2.10. The van der Waals surface area contributed by atoms with E-state index in [4.69, 9.17) is 5.73 Å². The summed E-state index contributed by atoms with van der Waals surface area (Å²) in [4.78, 5) is 40.1. The van der Waals surface area contributed by atoms with E-state index in [9.17, 15) is 14.4 Å². The van der Waals surface area contributed by atoms with Crippen molar-refractivity contribution < 1.29 is 19.1 Å². The molecule has 0 aliphatic rings. The van der Waals surface area contributed by atoms with Gasteiger partial charge in [0.15, 0.2) is 0 Å². The Bertz CT molecular complexity index is 748. The number of hydrogen-bond donors (Lipinski definition) is 3. The monoisotopic (exact) mass is 362 g/mol. The zero-order chi connectivity index (χ0) is 18.2. The molecule has 8 nitrogen and oxygen atoms in total. The number of thiophene rings is 1. The second-order valence-corrected chi connectivity index (χ2v) is 5.79. The van der Waals surface area contributed by atoms with Crippen molar-refractivity contribution in [1.29, 1.82) is 0 Å². The predicted molar refractivity (Wildman–Crippen MR) is 93.5 cm³/mol. The van der Waals surface area contributed by atoms with Crippen LogP contribution in [0, 0.1) is 0 Å². The van der Waals surface area contributed by atoms with Crippen LogP contribution in [0.15, 0.2) is 35.8 Å². The minimum absolute atomic E-state index is 0.0680. The van der Waals surface area contributed by atoms with E-state index in [0.29, 0.717) is 10.7 Å². The number of anilines is 1. The van der Waals surface area contributed by atoms with Crippen LogP contribution in [0.4, 0.5) is 9.80 Å². The molecule has 2 aromatic heterocycles. The second kappa shape index (κ2) is 8.90. The van der Waals surface area contributed by atoms with E-state index < -0.39 is 17.9 Å². The SMILES string of the molecule is CCOC(=O)NC(=O)c1ccsc1NC(=O)C(CN)c1ccccn1. The second-order valence-electron chi connectivity index (χ2n) is 4.87. The number of ether oxygens (including phenoxy) is 1. The van der Waals surface area contributed by atoms with Crippen LogP contribution >= 0.6 is 11.3 Å². The zero-order valence-electron chi connectivity index (χ0n) is 13.5. The largest absolute Gasteiger partial charge is 0.450 e. The average molecular weight is 362 g/mol. The number of alkyl carbamates (subject to hydrolysis) is 1. The lowest BCUT2D eigenvalue weighted by molar-refractivity contribution is -0.117. The van der Waals surface area contributed by atoms with Crippen LogP contribution in [0.5, 0.6) is 0 Å². The number of imide groups is 1. The summed E-state index contributed by atoms with van der Waals surface area (Å²) in [5, 5.41) is 6.72. The Kier molecular flexibility index (Phi) is 6.61. The highest BCUT2D eigenvalue weighted by Gasteiger charge is 2.23. The summed E-state index contributed by atoms with van der Waals surface area (Å²) in [5.74, 6) is -1.68. The van der Waals surface area contributed by atoms with Gasteiger partial charge in [-0.3, -0.25) is 19.9 Å². The molecule has 4 N–H and O–H groups in total. The van der Waals surface area contributed by atoms with Gasteiger partial charge in [0.25, 0.3) is 5.91 Å². The minimum Gasteiger partial charge on any atom is -0.450 e. The van der Waals surface area contributed by atoms with Crippen LogP contribution in [-0.2, 0) is 9.53 Å². The van der Waals surface area contributed by atoms with Crippen molar-refractivity contribution in [3.8, 4) is 0 Å². The van der Waals surface area contributed by atoms with Gasteiger partial charge < -0.3 is 15.8 Å². The molecule has 1 atom stereocenters. The lowest BCUT2D eigenvalue weighted by Gasteiger charge is -2.14. The van der Waals surface area contributed by atoms with E-state index in [2.05, 4.69) is 20.4 Å². The van der Waals surface area contributed by atoms with E-state index in [1.807, 2.05) is 0 Å². The number of carbonyl (C=O) groups is 3. The van der Waals surface area contributed by atoms with Crippen molar-refractivity contribution >= 4 is 34.2 Å². The molecule has 9 heteroatoms. The van der Waals surface area contributed by atoms with Gasteiger partial charge in [-0.05, 0) is 30.5 Å². The number of hydrogen-bond acceptors (Lipinski definition) is 7. The van der Waals surface area contributed by atoms with Gasteiger partial charge in [-0.25, -0.2) is 4.79 Å². The predicted octanol–water partition coefficient (Wildman–Crippen LogP) is 1.71. The Hall–Kier alpha value is -2.78. The maximum Gasteiger partial charge on any atom is 0.414 e. The van der Waals surface area contributed by atoms with Crippen LogP contribution in [0.1, 0.15) is 28.9 Å². The Morgan fingerprint density at radius 3 is 2.76 bits per heavy atom. The third-order valence-corrected chi connectivity index (χ3v) is 4.06. The molecule has 0 saturated heterocycles. The van der Waals surface area contributed by atoms with Gasteiger partial charge in [0.1, 0.15) is 5.00 Å². The fraction of sp³-hybridized carbons (Fsp3) is 0.250. The van der Waals surface area contributed by atoms with Gasteiger partial charge >= 0.3 is 6.09 Å². The van der Waals surface area contributed by atoms with Crippen molar-refractivity contribution in [2.75, 3.05) is 18.5 Å². The topological polar surface area (TPSA) is 123 Å². The van der Waals surface area contributed by atoms with Crippen LogP contribution < -0.4 is 16.4 Å². The first-order valence-corrected chi connectivity index (χ1v) is 8.42. The van der Waals surface area contributed by atoms with Crippen molar-refractivity contribution in [1.82, 2.24) is 10.3 Å². The number of nitrogens with two attached hydrogens (primary N) is 1. The van der Waals surface area contributed by atoms with Crippen LogP contribution in [0.3, 0.4) is 0 Å². The molecular formula is C16H18N4O4S. The molecule has 3 amide bonds. The number of nitrogens with one attached hydrogen (secondary N) is 2. The van der Waals surface area contributed by atoms with Crippen molar-refractivity contribution in [3.05, 3.63) is 47.1 Å². The fourth-order valence-corrected chi connectivity index (χ4v) is 2.84. The summed E-state index contributed by atoms with van der Waals surface area (Å²) in [6.45, 7) is 1.85. The maximum atomic E-state index is 12.5. The van der Waals surface area contributed by atoms with Crippen LogP contribution in [0.25, 0.3) is 0 Å². The summed E-state index contributed by atoms with van der Waals surface area (Å²) in [7, 11) is 0. The first-order chi connectivity index (χ1) is 12.1. The molecular weight excluding hydrogens is 344 g/mol. The molecule has 0 aliphatic carbocycles. The first kappa shape index (κ1) is 18.6. The van der Waals surface area contributed by atoms with Crippen molar-refractivity contribution in [2.24, 2.45) is 5.73 Å². The molecule has 2 aromatic rings. The number of carbonyl (C=O) groups excluding carboxylic acids is 3. The third-order valence-electron chi connectivity index (χ3n) is 3.23. The van der Waals surface area contributed by atoms with Crippen molar-refractivity contribution in [2.45, 2.75) is 12.8 Å².